The predicted octanol–water partition coefficient (Wildman–Crippen LogP) is 4.04. The molecule has 0 radical (unpaired) electrons. The van der Waals surface area contributed by atoms with Crippen LogP contribution in [0.25, 0.3) is 0 Å². The summed E-state index contributed by atoms with van der Waals surface area (Å²) in [6, 6.07) is 12.0. The smallest absolute Gasteiger partial charge is 0.165 e. The van der Waals surface area contributed by atoms with Crippen LogP contribution in [0.1, 0.15) is 24.1 Å². The van der Waals surface area contributed by atoms with Gasteiger partial charge >= 0.3 is 0 Å². The van der Waals surface area contributed by atoms with E-state index in [2.05, 4.69) is 5.32 Å². The summed E-state index contributed by atoms with van der Waals surface area (Å²) in [7, 11) is 0. The number of hydrogen-bond donors (Lipinski definition) is 2. The number of rotatable bonds is 4. The van der Waals surface area contributed by atoms with Gasteiger partial charge in [-0.1, -0.05) is 35.9 Å². The van der Waals surface area contributed by atoms with Crippen molar-refractivity contribution in [1.82, 2.24) is 5.32 Å². The molecule has 0 aliphatic rings. The number of phenols is 1. The number of hydrogen-bond acceptors (Lipinski definition) is 2. The molecule has 4 heteroatoms. The summed E-state index contributed by atoms with van der Waals surface area (Å²) >= 11 is 6.11. The first-order valence-corrected chi connectivity index (χ1v) is 6.41. The van der Waals surface area contributed by atoms with E-state index in [0.717, 1.165) is 11.1 Å². The lowest BCUT2D eigenvalue weighted by Crippen LogP contribution is -2.18. The van der Waals surface area contributed by atoms with Crippen molar-refractivity contribution < 1.29 is 9.50 Å². The molecule has 0 aliphatic carbocycles. The van der Waals surface area contributed by atoms with Crippen molar-refractivity contribution in [2.75, 3.05) is 0 Å². The zero-order valence-electron chi connectivity index (χ0n) is 10.5. The maximum Gasteiger partial charge on any atom is 0.165 e. The van der Waals surface area contributed by atoms with Crippen molar-refractivity contribution >= 4 is 11.6 Å². The number of nitrogens with one attached hydrogen (secondary N) is 1. The molecule has 2 N–H and O–H groups in total. The molecule has 2 aromatic carbocycles. The molecule has 0 unspecified atom stereocenters. The summed E-state index contributed by atoms with van der Waals surface area (Å²) in [5.74, 6) is -0.937. The topological polar surface area (TPSA) is 32.3 Å². The minimum absolute atomic E-state index is 0.0607. The van der Waals surface area contributed by atoms with E-state index in [0.29, 0.717) is 11.6 Å². The Labute approximate surface area is 116 Å². The van der Waals surface area contributed by atoms with E-state index < -0.39 is 5.82 Å². The molecule has 0 aromatic heterocycles. The van der Waals surface area contributed by atoms with Gasteiger partial charge in [0.25, 0.3) is 0 Å². The molecule has 0 fully saturated rings. The lowest BCUT2D eigenvalue weighted by atomic mass is 10.1. The van der Waals surface area contributed by atoms with E-state index in [9.17, 15) is 4.39 Å². The Morgan fingerprint density at radius 2 is 2.00 bits per heavy atom. The van der Waals surface area contributed by atoms with Gasteiger partial charge in [-0.15, -0.1) is 0 Å². The monoisotopic (exact) mass is 279 g/mol. The van der Waals surface area contributed by atoms with E-state index >= 15 is 0 Å². The third-order valence-corrected chi connectivity index (χ3v) is 3.34. The minimum Gasteiger partial charge on any atom is -0.505 e. The molecular weight excluding hydrogens is 265 g/mol. The Bertz CT molecular complexity index is 574. The largest absolute Gasteiger partial charge is 0.505 e. The van der Waals surface area contributed by atoms with Gasteiger partial charge in [-0.25, -0.2) is 4.39 Å². The molecule has 0 amide bonds. The number of phenolic OH excluding ortho intramolecular Hbond substituents is 1. The molecule has 0 saturated heterocycles. The standard InChI is InChI=1S/C15H15ClFNO/c1-10(12-4-2-3-5-13(12)16)18-9-11-6-7-15(19)14(17)8-11/h2-8,10,18-19H,9H2,1H3/t10-/m1/s1. The van der Waals surface area contributed by atoms with Crippen LogP contribution < -0.4 is 5.32 Å². The highest BCUT2D eigenvalue weighted by Crippen LogP contribution is 2.23. The average molecular weight is 280 g/mol. The molecular formula is C15H15ClFNO. The molecule has 0 saturated carbocycles. The van der Waals surface area contributed by atoms with Gasteiger partial charge in [0.15, 0.2) is 11.6 Å². The SMILES string of the molecule is C[C@@H](NCc1ccc(O)c(F)c1)c1ccccc1Cl. The second-order valence-corrected chi connectivity index (χ2v) is 4.82. The first-order chi connectivity index (χ1) is 9.08. The lowest BCUT2D eigenvalue weighted by molar-refractivity contribution is 0.431. The van der Waals surface area contributed by atoms with Crippen molar-refractivity contribution in [3.05, 3.63) is 64.4 Å². The highest BCUT2D eigenvalue weighted by atomic mass is 35.5. The van der Waals surface area contributed by atoms with Gasteiger partial charge in [0.05, 0.1) is 0 Å². The second kappa shape index (κ2) is 6.04. The van der Waals surface area contributed by atoms with Crippen molar-refractivity contribution in [1.29, 1.82) is 0 Å². The molecule has 100 valence electrons. The van der Waals surface area contributed by atoms with E-state index in [4.69, 9.17) is 16.7 Å². The second-order valence-electron chi connectivity index (χ2n) is 4.41. The molecule has 0 aliphatic heterocycles. The number of halogens is 2. The van der Waals surface area contributed by atoms with Crippen LogP contribution in [0.15, 0.2) is 42.5 Å². The Balaban J connectivity index is 2.02. The van der Waals surface area contributed by atoms with Gasteiger partial charge in [-0.3, -0.25) is 0 Å². The predicted molar refractivity (Wildman–Crippen MR) is 74.8 cm³/mol. The van der Waals surface area contributed by atoms with Gasteiger partial charge in [-0.05, 0) is 36.2 Å². The van der Waals surface area contributed by atoms with Gasteiger partial charge in [0.2, 0.25) is 0 Å². The average Bonchev–Trinajstić information content (AvgIpc) is 2.40. The lowest BCUT2D eigenvalue weighted by Gasteiger charge is -2.15. The van der Waals surface area contributed by atoms with Gasteiger partial charge in [0.1, 0.15) is 0 Å². The van der Waals surface area contributed by atoms with Crippen molar-refractivity contribution in [2.24, 2.45) is 0 Å². The van der Waals surface area contributed by atoms with Gasteiger partial charge in [0, 0.05) is 17.6 Å². The molecule has 2 rings (SSSR count). The van der Waals surface area contributed by atoms with E-state index in [1.807, 2.05) is 31.2 Å². The van der Waals surface area contributed by atoms with E-state index in [1.54, 1.807) is 6.07 Å². The summed E-state index contributed by atoms with van der Waals surface area (Å²) in [5, 5.41) is 13.1. The van der Waals surface area contributed by atoms with Gasteiger partial charge < -0.3 is 10.4 Å². The Kier molecular flexibility index (Phi) is 4.40. The summed E-state index contributed by atoms with van der Waals surface area (Å²) in [6.45, 7) is 2.50. The Morgan fingerprint density at radius 1 is 1.26 bits per heavy atom. The van der Waals surface area contributed by atoms with Crippen LogP contribution in [-0.2, 0) is 6.54 Å². The van der Waals surface area contributed by atoms with Crippen LogP contribution >= 0.6 is 11.6 Å². The first-order valence-electron chi connectivity index (χ1n) is 6.03. The van der Waals surface area contributed by atoms with Crippen LogP contribution in [0.2, 0.25) is 5.02 Å². The van der Waals surface area contributed by atoms with E-state index in [-0.39, 0.29) is 11.8 Å². The minimum atomic E-state index is -0.607. The van der Waals surface area contributed by atoms with Gasteiger partial charge in [-0.2, -0.15) is 0 Å². The van der Waals surface area contributed by atoms with Crippen LogP contribution in [0.3, 0.4) is 0 Å². The van der Waals surface area contributed by atoms with E-state index in [1.165, 1.54) is 12.1 Å². The van der Waals surface area contributed by atoms with Crippen LogP contribution in [0.4, 0.5) is 4.39 Å². The van der Waals surface area contributed by atoms with Crippen LogP contribution in [-0.4, -0.2) is 5.11 Å². The fraction of sp³-hybridized carbons (Fsp3) is 0.200. The summed E-state index contributed by atoms with van der Waals surface area (Å²) < 4.78 is 13.2. The summed E-state index contributed by atoms with van der Waals surface area (Å²) in [4.78, 5) is 0. The number of aromatic hydroxyl groups is 1. The number of benzene rings is 2. The highest BCUT2D eigenvalue weighted by molar-refractivity contribution is 6.31. The molecule has 2 nitrogen and oxygen atoms in total. The molecule has 0 bridgehead atoms. The quantitative estimate of drug-likeness (QED) is 0.885. The third-order valence-electron chi connectivity index (χ3n) is 3.00. The fourth-order valence-electron chi connectivity index (χ4n) is 1.87. The summed E-state index contributed by atoms with van der Waals surface area (Å²) in [5.41, 5.74) is 1.78. The maximum atomic E-state index is 13.2. The Morgan fingerprint density at radius 3 is 2.68 bits per heavy atom. The maximum absolute atomic E-state index is 13.2. The van der Waals surface area contributed by atoms with Crippen LogP contribution in [0, 0.1) is 5.82 Å². The van der Waals surface area contributed by atoms with Crippen molar-refractivity contribution in [2.45, 2.75) is 19.5 Å². The summed E-state index contributed by atoms with van der Waals surface area (Å²) in [6.07, 6.45) is 0. The third kappa shape index (κ3) is 3.46. The molecule has 0 heterocycles. The normalized spacial score (nSPS) is 12.4. The molecule has 2 aromatic rings. The zero-order valence-corrected chi connectivity index (χ0v) is 11.3. The molecule has 19 heavy (non-hydrogen) atoms. The first kappa shape index (κ1) is 13.8. The molecule has 0 spiro atoms. The molecule has 1 atom stereocenters. The highest BCUT2D eigenvalue weighted by Gasteiger charge is 2.09. The van der Waals surface area contributed by atoms with Crippen LogP contribution in [0.5, 0.6) is 5.75 Å². The van der Waals surface area contributed by atoms with Crippen molar-refractivity contribution in [3.8, 4) is 5.75 Å². The fourth-order valence-corrected chi connectivity index (χ4v) is 2.17. The van der Waals surface area contributed by atoms with Crippen molar-refractivity contribution in [3.63, 3.8) is 0 Å². The Hall–Kier alpha value is -1.58. The zero-order chi connectivity index (χ0) is 13.8.